The summed E-state index contributed by atoms with van der Waals surface area (Å²) in [6.07, 6.45) is 3.90. The fourth-order valence-corrected chi connectivity index (χ4v) is 3.39. The first-order valence-corrected chi connectivity index (χ1v) is 8.64. The predicted molar refractivity (Wildman–Crippen MR) is 91.5 cm³/mol. The van der Waals surface area contributed by atoms with Crippen molar-refractivity contribution < 1.29 is 4.79 Å². The van der Waals surface area contributed by atoms with E-state index in [0.29, 0.717) is 0 Å². The number of carbonyl (C=O) groups excluding carboxylic acids is 1. The molecule has 126 valence electrons. The van der Waals surface area contributed by atoms with Gasteiger partial charge in [-0.25, -0.2) is 4.98 Å². The van der Waals surface area contributed by atoms with Gasteiger partial charge in [0, 0.05) is 45.0 Å². The van der Waals surface area contributed by atoms with E-state index in [4.69, 9.17) is 0 Å². The molecule has 2 saturated heterocycles. The maximum Gasteiger partial charge on any atom is 0.237 e. The monoisotopic (exact) mass is 317 g/mol. The average Bonchev–Trinajstić information content (AvgIpc) is 3.11. The Morgan fingerprint density at radius 3 is 2.87 bits per heavy atom. The van der Waals surface area contributed by atoms with Gasteiger partial charge in [-0.3, -0.25) is 9.69 Å². The van der Waals surface area contributed by atoms with Gasteiger partial charge in [-0.2, -0.15) is 0 Å². The molecule has 2 aliphatic rings. The van der Waals surface area contributed by atoms with Crippen LogP contribution in [0.25, 0.3) is 0 Å². The summed E-state index contributed by atoms with van der Waals surface area (Å²) in [7, 11) is 0. The molecule has 2 unspecified atom stereocenters. The van der Waals surface area contributed by atoms with Crippen LogP contribution in [0.4, 0.5) is 5.82 Å². The third-order valence-electron chi connectivity index (χ3n) is 4.64. The Morgan fingerprint density at radius 1 is 1.39 bits per heavy atom. The summed E-state index contributed by atoms with van der Waals surface area (Å²) in [5.41, 5.74) is 0. The van der Waals surface area contributed by atoms with Gasteiger partial charge in [0.05, 0.1) is 6.04 Å². The number of piperazine rings is 1. The Kier molecular flexibility index (Phi) is 5.46. The Hall–Kier alpha value is -1.66. The molecule has 23 heavy (non-hydrogen) atoms. The molecule has 6 heteroatoms. The zero-order valence-electron chi connectivity index (χ0n) is 13.9. The van der Waals surface area contributed by atoms with E-state index in [1.807, 2.05) is 18.3 Å². The van der Waals surface area contributed by atoms with Crippen LogP contribution in [-0.4, -0.2) is 67.1 Å². The van der Waals surface area contributed by atoms with Crippen LogP contribution in [0.2, 0.25) is 0 Å². The molecule has 0 saturated carbocycles. The molecule has 0 radical (unpaired) electrons. The first kappa shape index (κ1) is 16.2. The topological polar surface area (TPSA) is 60.5 Å². The number of hydrogen-bond acceptors (Lipinski definition) is 5. The Bertz CT molecular complexity index is 495. The Balaban J connectivity index is 1.40. The van der Waals surface area contributed by atoms with E-state index >= 15 is 0 Å². The second kappa shape index (κ2) is 7.75. The Morgan fingerprint density at radius 2 is 2.22 bits per heavy atom. The minimum Gasteiger partial charge on any atom is -0.354 e. The fraction of sp³-hybridized carbons (Fsp3) is 0.647. The largest absolute Gasteiger partial charge is 0.354 e. The highest BCUT2D eigenvalue weighted by molar-refractivity contribution is 5.82. The van der Waals surface area contributed by atoms with Crippen molar-refractivity contribution in [1.82, 2.24) is 20.5 Å². The number of nitrogens with zero attached hydrogens (tertiary/aromatic N) is 3. The SMILES string of the molecule is CC(CN1CCN(c2ccccn2)CC1)NC(=O)C1CCCN1. The lowest BCUT2D eigenvalue weighted by Gasteiger charge is -2.36. The van der Waals surface area contributed by atoms with Gasteiger partial charge in [-0.1, -0.05) is 6.07 Å². The number of rotatable bonds is 5. The zero-order chi connectivity index (χ0) is 16.1. The number of amides is 1. The highest BCUT2D eigenvalue weighted by atomic mass is 16.2. The van der Waals surface area contributed by atoms with Crippen molar-refractivity contribution in [2.75, 3.05) is 44.2 Å². The lowest BCUT2D eigenvalue weighted by Crippen LogP contribution is -2.52. The van der Waals surface area contributed by atoms with Crippen molar-refractivity contribution in [2.24, 2.45) is 0 Å². The summed E-state index contributed by atoms with van der Waals surface area (Å²) in [5.74, 6) is 1.21. The molecule has 0 aliphatic carbocycles. The molecule has 2 aliphatic heterocycles. The fourth-order valence-electron chi connectivity index (χ4n) is 3.39. The van der Waals surface area contributed by atoms with Gasteiger partial charge in [-0.15, -0.1) is 0 Å². The molecule has 0 aromatic carbocycles. The van der Waals surface area contributed by atoms with Crippen LogP contribution in [0.1, 0.15) is 19.8 Å². The van der Waals surface area contributed by atoms with Crippen molar-refractivity contribution in [1.29, 1.82) is 0 Å². The second-order valence-electron chi connectivity index (χ2n) is 6.53. The van der Waals surface area contributed by atoms with Gasteiger partial charge in [0.15, 0.2) is 0 Å². The molecular weight excluding hydrogens is 290 g/mol. The summed E-state index contributed by atoms with van der Waals surface area (Å²) in [4.78, 5) is 21.3. The lowest BCUT2D eigenvalue weighted by atomic mass is 10.2. The second-order valence-corrected chi connectivity index (χ2v) is 6.53. The van der Waals surface area contributed by atoms with Crippen LogP contribution in [0, 0.1) is 0 Å². The summed E-state index contributed by atoms with van der Waals surface area (Å²) in [6, 6.07) is 6.24. The molecule has 1 aromatic rings. The van der Waals surface area contributed by atoms with Crippen LogP contribution < -0.4 is 15.5 Å². The summed E-state index contributed by atoms with van der Waals surface area (Å²) in [5, 5.41) is 6.39. The third kappa shape index (κ3) is 4.42. The molecule has 2 fully saturated rings. The molecular formula is C17H27N5O. The first-order chi connectivity index (χ1) is 11.2. The van der Waals surface area contributed by atoms with Gasteiger partial charge in [0.25, 0.3) is 0 Å². The van der Waals surface area contributed by atoms with E-state index in [1.54, 1.807) is 0 Å². The first-order valence-electron chi connectivity index (χ1n) is 8.64. The maximum atomic E-state index is 12.1. The van der Waals surface area contributed by atoms with E-state index in [0.717, 1.165) is 57.9 Å². The predicted octanol–water partition coefficient (Wildman–Crippen LogP) is 0.460. The minimum atomic E-state index is 0.0125. The number of aromatic nitrogens is 1. The molecule has 6 nitrogen and oxygen atoms in total. The number of hydrogen-bond donors (Lipinski definition) is 2. The quantitative estimate of drug-likeness (QED) is 0.826. The van der Waals surface area contributed by atoms with Crippen molar-refractivity contribution in [3.05, 3.63) is 24.4 Å². The van der Waals surface area contributed by atoms with E-state index in [1.165, 1.54) is 0 Å². The summed E-state index contributed by atoms with van der Waals surface area (Å²) >= 11 is 0. The van der Waals surface area contributed by atoms with Crippen molar-refractivity contribution in [3.8, 4) is 0 Å². The van der Waals surface area contributed by atoms with E-state index < -0.39 is 0 Å². The minimum absolute atomic E-state index is 0.0125. The lowest BCUT2D eigenvalue weighted by molar-refractivity contribution is -0.123. The van der Waals surface area contributed by atoms with E-state index in [-0.39, 0.29) is 18.0 Å². The maximum absolute atomic E-state index is 12.1. The van der Waals surface area contributed by atoms with Crippen LogP contribution in [0.5, 0.6) is 0 Å². The normalized spacial score (nSPS) is 23.7. The van der Waals surface area contributed by atoms with Crippen LogP contribution in [0.3, 0.4) is 0 Å². The number of nitrogens with one attached hydrogen (secondary N) is 2. The van der Waals surface area contributed by atoms with Gasteiger partial charge in [0.2, 0.25) is 5.91 Å². The summed E-state index contributed by atoms with van der Waals surface area (Å²) in [6.45, 7) is 7.97. The van der Waals surface area contributed by atoms with Gasteiger partial charge in [0.1, 0.15) is 5.82 Å². The van der Waals surface area contributed by atoms with Crippen molar-refractivity contribution in [2.45, 2.75) is 31.8 Å². The molecule has 1 amide bonds. The Labute approximate surface area is 138 Å². The molecule has 3 rings (SSSR count). The molecule has 2 atom stereocenters. The van der Waals surface area contributed by atoms with Crippen molar-refractivity contribution >= 4 is 11.7 Å². The third-order valence-corrected chi connectivity index (χ3v) is 4.64. The molecule has 0 bridgehead atoms. The number of anilines is 1. The molecule has 0 spiro atoms. The number of pyridine rings is 1. The molecule has 3 heterocycles. The van der Waals surface area contributed by atoms with Gasteiger partial charge < -0.3 is 15.5 Å². The van der Waals surface area contributed by atoms with Crippen molar-refractivity contribution in [3.63, 3.8) is 0 Å². The average molecular weight is 317 g/mol. The van der Waals surface area contributed by atoms with Crippen LogP contribution in [0.15, 0.2) is 24.4 Å². The van der Waals surface area contributed by atoms with E-state index in [2.05, 4.69) is 38.4 Å². The smallest absolute Gasteiger partial charge is 0.237 e. The van der Waals surface area contributed by atoms with Crippen LogP contribution >= 0.6 is 0 Å². The highest BCUT2D eigenvalue weighted by Gasteiger charge is 2.24. The summed E-state index contributed by atoms with van der Waals surface area (Å²) < 4.78 is 0. The zero-order valence-corrected chi connectivity index (χ0v) is 13.9. The highest BCUT2D eigenvalue weighted by Crippen LogP contribution is 2.12. The number of carbonyl (C=O) groups is 1. The molecule has 2 N–H and O–H groups in total. The standard InChI is InChI=1S/C17H27N5O/c1-14(20-17(23)15-5-4-8-18-15)13-21-9-11-22(12-10-21)16-6-2-3-7-19-16/h2-3,6-7,14-15,18H,4-5,8-13H2,1H3,(H,20,23). The van der Waals surface area contributed by atoms with Crippen LogP contribution in [-0.2, 0) is 4.79 Å². The molecule has 1 aromatic heterocycles. The van der Waals surface area contributed by atoms with E-state index in [9.17, 15) is 4.79 Å². The van der Waals surface area contributed by atoms with Gasteiger partial charge in [-0.05, 0) is 38.4 Å². The van der Waals surface area contributed by atoms with Gasteiger partial charge >= 0.3 is 0 Å².